The van der Waals surface area contributed by atoms with Gasteiger partial charge >= 0.3 is 0 Å². The predicted molar refractivity (Wildman–Crippen MR) is 60.8 cm³/mol. The van der Waals surface area contributed by atoms with Crippen molar-refractivity contribution in [3.63, 3.8) is 0 Å². The third-order valence-corrected chi connectivity index (χ3v) is 2.72. The quantitative estimate of drug-likeness (QED) is 0.539. The second-order valence-corrected chi connectivity index (χ2v) is 3.91. The van der Waals surface area contributed by atoms with E-state index in [9.17, 15) is 0 Å². The highest BCUT2D eigenvalue weighted by Gasteiger charge is 2.13. The Morgan fingerprint density at radius 1 is 1.46 bits per heavy atom. The lowest BCUT2D eigenvalue weighted by atomic mass is 10.1. The van der Waals surface area contributed by atoms with Crippen LogP contribution in [0, 0.1) is 0 Å². The summed E-state index contributed by atoms with van der Waals surface area (Å²) in [4.78, 5) is 2.25. The molecule has 0 saturated carbocycles. The Bertz CT molecular complexity index is 185. The van der Waals surface area contributed by atoms with E-state index in [1.54, 1.807) is 0 Å². The summed E-state index contributed by atoms with van der Waals surface area (Å²) >= 11 is 5.28. The van der Waals surface area contributed by atoms with Gasteiger partial charge in [0, 0.05) is 19.1 Å². The molecule has 0 spiro atoms. The number of piperidine rings is 1. The van der Waals surface area contributed by atoms with Crippen molar-refractivity contribution in [3.8, 4) is 0 Å². The van der Waals surface area contributed by atoms with Crippen LogP contribution in [0.5, 0.6) is 0 Å². The standard InChI is InChI=1S/C10H18N2S/c1-3-9(2)11-10(13)12-7-5-4-6-8-12/h3,9H,1,4-8H2,2H3,(H,11,13). The molecular formula is C10H18N2S. The molecule has 1 aliphatic rings. The van der Waals surface area contributed by atoms with Crippen molar-refractivity contribution < 1.29 is 0 Å². The van der Waals surface area contributed by atoms with E-state index in [4.69, 9.17) is 12.2 Å². The number of hydrogen-bond acceptors (Lipinski definition) is 1. The van der Waals surface area contributed by atoms with Crippen molar-refractivity contribution in [1.82, 2.24) is 10.2 Å². The van der Waals surface area contributed by atoms with Crippen molar-refractivity contribution in [1.29, 1.82) is 0 Å². The highest BCUT2D eigenvalue weighted by molar-refractivity contribution is 7.80. The number of thiocarbonyl (C=S) groups is 1. The van der Waals surface area contributed by atoms with E-state index >= 15 is 0 Å². The molecule has 1 unspecified atom stereocenters. The smallest absolute Gasteiger partial charge is 0.169 e. The van der Waals surface area contributed by atoms with Crippen LogP contribution in [0.4, 0.5) is 0 Å². The Morgan fingerprint density at radius 2 is 2.08 bits per heavy atom. The van der Waals surface area contributed by atoms with Crippen LogP contribution < -0.4 is 5.32 Å². The van der Waals surface area contributed by atoms with E-state index in [-0.39, 0.29) is 6.04 Å². The van der Waals surface area contributed by atoms with E-state index in [1.807, 2.05) is 6.08 Å². The van der Waals surface area contributed by atoms with Crippen LogP contribution >= 0.6 is 12.2 Å². The Labute approximate surface area is 86.0 Å². The van der Waals surface area contributed by atoms with Crippen LogP contribution in [-0.4, -0.2) is 29.1 Å². The average Bonchev–Trinajstić information content (AvgIpc) is 2.19. The highest BCUT2D eigenvalue weighted by atomic mass is 32.1. The van der Waals surface area contributed by atoms with E-state index < -0.39 is 0 Å². The third-order valence-electron chi connectivity index (χ3n) is 2.35. The predicted octanol–water partition coefficient (Wildman–Crippen LogP) is 1.92. The molecule has 1 heterocycles. The van der Waals surface area contributed by atoms with Crippen molar-refractivity contribution in [2.75, 3.05) is 13.1 Å². The van der Waals surface area contributed by atoms with Gasteiger partial charge in [0.1, 0.15) is 0 Å². The molecule has 0 bridgehead atoms. The number of hydrogen-bond donors (Lipinski definition) is 1. The van der Waals surface area contributed by atoms with Crippen LogP contribution in [0.3, 0.4) is 0 Å². The van der Waals surface area contributed by atoms with Gasteiger partial charge in [-0.25, -0.2) is 0 Å². The minimum absolute atomic E-state index is 0.273. The minimum Gasteiger partial charge on any atom is -0.357 e. The SMILES string of the molecule is C=CC(C)NC(=S)N1CCCCC1. The van der Waals surface area contributed by atoms with Crippen LogP contribution in [0.15, 0.2) is 12.7 Å². The Morgan fingerprint density at radius 3 is 2.62 bits per heavy atom. The number of rotatable bonds is 2. The molecule has 1 aliphatic heterocycles. The van der Waals surface area contributed by atoms with Gasteiger partial charge in [0.25, 0.3) is 0 Å². The van der Waals surface area contributed by atoms with Crippen molar-refractivity contribution in [2.45, 2.75) is 32.2 Å². The summed E-state index contributed by atoms with van der Waals surface area (Å²) in [6, 6.07) is 0.273. The van der Waals surface area contributed by atoms with Gasteiger partial charge in [-0.1, -0.05) is 6.08 Å². The summed E-state index contributed by atoms with van der Waals surface area (Å²) in [7, 11) is 0. The molecular weight excluding hydrogens is 180 g/mol. The Balaban J connectivity index is 2.32. The molecule has 1 N–H and O–H groups in total. The normalized spacial score (nSPS) is 19.3. The number of nitrogens with one attached hydrogen (secondary N) is 1. The third kappa shape index (κ3) is 3.35. The minimum atomic E-state index is 0.273. The zero-order valence-electron chi connectivity index (χ0n) is 8.25. The monoisotopic (exact) mass is 198 g/mol. The molecule has 74 valence electrons. The maximum absolute atomic E-state index is 5.28. The maximum atomic E-state index is 5.28. The Kier molecular flexibility index (Phi) is 4.22. The zero-order valence-corrected chi connectivity index (χ0v) is 9.07. The van der Waals surface area contributed by atoms with Gasteiger partial charge in [-0.05, 0) is 38.4 Å². The summed E-state index contributed by atoms with van der Waals surface area (Å²) < 4.78 is 0. The lowest BCUT2D eigenvalue weighted by Gasteiger charge is -2.30. The molecule has 0 amide bonds. The van der Waals surface area contributed by atoms with Gasteiger partial charge in [-0.3, -0.25) is 0 Å². The highest BCUT2D eigenvalue weighted by Crippen LogP contribution is 2.08. The summed E-state index contributed by atoms with van der Waals surface area (Å²) in [6.07, 6.45) is 5.75. The molecule has 1 atom stereocenters. The molecule has 1 rings (SSSR count). The molecule has 13 heavy (non-hydrogen) atoms. The van der Waals surface area contributed by atoms with Crippen molar-refractivity contribution in [3.05, 3.63) is 12.7 Å². The first-order valence-corrected chi connectivity index (χ1v) is 5.33. The summed E-state index contributed by atoms with van der Waals surface area (Å²) in [6.45, 7) is 7.99. The topological polar surface area (TPSA) is 15.3 Å². The van der Waals surface area contributed by atoms with E-state index in [0.29, 0.717) is 0 Å². The van der Waals surface area contributed by atoms with Gasteiger partial charge in [-0.2, -0.15) is 0 Å². The molecule has 3 heteroatoms. The number of likely N-dealkylation sites (tertiary alicyclic amines) is 1. The first kappa shape index (κ1) is 10.5. The second-order valence-electron chi connectivity index (χ2n) is 3.52. The lowest BCUT2D eigenvalue weighted by Crippen LogP contribution is -2.45. The van der Waals surface area contributed by atoms with Crippen LogP contribution in [0.1, 0.15) is 26.2 Å². The number of nitrogens with zero attached hydrogens (tertiary/aromatic N) is 1. The molecule has 2 nitrogen and oxygen atoms in total. The largest absolute Gasteiger partial charge is 0.357 e. The maximum Gasteiger partial charge on any atom is 0.169 e. The molecule has 1 saturated heterocycles. The molecule has 0 aromatic heterocycles. The molecule has 0 aromatic rings. The fraction of sp³-hybridized carbons (Fsp3) is 0.700. The molecule has 1 fully saturated rings. The van der Waals surface area contributed by atoms with Gasteiger partial charge in [0.15, 0.2) is 5.11 Å². The van der Waals surface area contributed by atoms with Crippen LogP contribution in [0.25, 0.3) is 0 Å². The van der Waals surface area contributed by atoms with Crippen molar-refractivity contribution >= 4 is 17.3 Å². The fourth-order valence-electron chi connectivity index (χ4n) is 1.44. The second kappa shape index (κ2) is 5.22. The zero-order chi connectivity index (χ0) is 9.68. The van der Waals surface area contributed by atoms with Gasteiger partial charge < -0.3 is 10.2 Å². The fourth-order valence-corrected chi connectivity index (χ4v) is 1.81. The van der Waals surface area contributed by atoms with Gasteiger partial charge in [0.05, 0.1) is 0 Å². The van der Waals surface area contributed by atoms with E-state index in [0.717, 1.165) is 18.2 Å². The van der Waals surface area contributed by atoms with Crippen LogP contribution in [-0.2, 0) is 0 Å². The molecule has 0 radical (unpaired) electrons. The summed E-state index contributed by atoms with van der Waals surface area (Å²) in [5, 5.41) is 4.12. The lowest BCUT2D eigenvalue weighted by molar-refractivity contribution is 0.337. The summed E-state index contributed by atoms with van der Waals surface area (Å²) in [5.41, 5.74) is 0. The van der Waals surface area contributed by atoms with Gasteiger partial charge in [0.2, 0.25) is 0 Å². The first-order chi connectivity index (χ1) is 6.24. The van der Waals surface area contributed by atoms with Gasteiger partial charge in [-0.15, -0.1) is 6.58 Å². The van der Waals surface area contributed by atoms with Crippen LogP contribution in [0.2, 0.25) is 0 Å². The molecule has 0 aliphatic carbocycles. The first-order valence-electron chi connectivity index (χ1n) is 4.92. The summed E-state index contributed by atoms with van der Waals surface area (Å²) in [5.74, 6) is 0. The molecule has 0 aromatic carbocycles. The van der Waals surface area contributed by atoms with E-state index in [1.165, 1.54) is 19.3 Å². The Hall–Kier alpha value is -0.570. The average molecular weight is 198 g/mol. The van der Waals surface area contributed by atoms with Crippen molar-refractivity contribution in [2.24, 2.45) is 0 Å². The van der Waals surface area contributed by atoms with E-state index in [2.05, 4.69) is 23.7 Å².